The fourth-order valence-electron chi connectivity index (χ4n) is 2.70. The molecule has 1 heterocycles. The number of carbonyl (C=O) groups excluding carboxylic acids is 2. The molecule has 0 fully saturated rings. The fraction of sp³-hybridized carbons (Fsp3) is 0.136. The molecule has 6 heteroatoms. The van der Waals surface area contributed by atoms with E-state index < -0.39 is 0 Å². The van der Waals surface area contributed by atoms with Crippen molar-refractivity contribution in [3.63, 3.8) is 0 Å². The Labute approximate surface area is 163 Å². The summed E-state index contributed by atoms with van der Waals surface area (Å²) in [6.45, 7) is 1.83. The van der Waals surface area contributed by atoms with E-state index in [1.54, 1.807) is 48.8 Å². The van der Waals surface area contributed by atoms with Crippen LogP contribution in [0.4, 0.5) is 11.4 Å². The summed E-state index contributed by atoms with van der Waals surface area (Å²) in [6.07, 6.45) is 4.00. The topological polar surface area (TPSA) is 80.3 Å². The number of anilines is 2. The lowest BCUT2D eigenvalue weighted by Gasteiger charge is -2.13. The first kappa shape index (κ1) is 19.1. The molecule has 3 rings (SSSR count). The van der Waals surface area contributed by atoms with Crippen LogP contribution < -0.4 is 15.4 Å². The Bertz CT molecular complexity index is 958. The van der Waals surface area contributed by atoms with Crippen molar-refractivity contribution in [1.29, 1.82) is 0 Å². The minimum absolute atomic E-state index is 0.199. The Morgan fingerprint density at radius 1 is 0.964 bits per heavy atom. The molecule has 3 aromatic rings. The van der Waals surface area contributed by atoms with Crippen molar-refractivity contribution in [3.8, 4) is 5.75 Å². The summed E-state index contributed by atoms with van der Waals surface area (Å²) in [5.74, 6) is -0.286. The van der Waals surface area contributed by atoms with Crippen molar-refractivity contribution in [2.24, 2.45) is 0 Å². The van der Waals surface area contributed by atoms with E-state index in [1.165, 1.54) is 0 Å². The highest BCUT2D eigenvalue weighted by Crippen LogP contribution is 2.20. The van der Waals surface area contributed by atoms with Gasteiger partial charge >= 0.3 is 0 Å². The Kier molecular flexibility index (Phi) is 6.36. The Balaban J connectivity index is 1.65. The summed E-state index contributed by atoms with van der Waals surface area (Å²) >= 11 is 0. The maximum Gasteiger partial charge on any atom is 0.262 e. The first-order chi connectivity index (χ1) is 13.7. The van der Waals surface area contributed by atoms with Crippen molar-refractivity contribution >= 4 is 23.2 Å². The molecule has 0 aliphatic carbocycles. The van der Waals surface area contributed by atoms with E-state index in [-0.39, 0.29) is 18.4 Å². The number of benzene rings is 2. The van der Waals surface area contributed by atoms with Crippen LogP contribution in [0.3, 0.4) is 0 Å². The third kappa shape index (κ3) is 4.94. The molecule has 2 N–H and O–H groups in total. The van der Waals surface area contributed by atoms with Crippen LogP contribution in [0.15, 0.2) is 73.1 Å². The van der Waals surface area contributed by atoms with E-state index in [2.05, 4.69) is 15.6 Å². The van der Waals surface area contributed by atoms with Gasteiger partial charge in [-0.3, -0.25) is 14.6 Å². The predicted molar refractivity (Wildman–Crippen MR) is 109 cm³/mol. The monoisotopic (exact) mass is 375 g/mol. The van der Waals surface area contributed by atoms with E-state index in [0.29, 0.717) is 17.0 Å². The second-order valence-corrected chi connectivity index (χ2v) is 6.04. The maximum atomic E-state index is 12.5. The number of hydrogen-bond donors (Lipinski definition) is 2. The van der Waals surface area contributed by atoms with Gasteiger partial charge in [0, 0.05) is 11.9 Å². The van der Waals surface area contributed by atoms with Gasteiger partial charge in [-0.25, -0.2) is 0 Å². The standard InChI is InChI=1S/C22H21N3O3/c1-2-16-8-3-5-11-19(16)25-21(26)15-28-20-12-6-4-10-18(20)22(27)24-17-9-7-13-23-14-17/h3-14H,2,15H2,1H3,(H,24,27)(H,25,26). The van der Waals surface area contributed by atoms with Crippen molar-refractivity contribution in [2.75, 3.05) is 17.2 Å². The van der Waals surface area contributed by atoms with Gasteiger partial charge in [-0.05, 0) is 42.3 Å². The summed E-state index contributed by atoms with van der Waals surface area (Å²) < 4.78 is 5.62. The second-order valence-electron chi connectivity index (χ2n) is 6.04. The molecule has 2 aromatic carbocycles. The molecule has 2 amide bonds. The molecule has 1 aromatic heterocycles. The number of nitrogens with zero attached hydrogens (tertiary/aromatic N) is 1. The zero-order chi connectivity index (χ0) is 19.8. The number of rotatable bonds is 7. The third-order valence-corrected chi connectivity index (χ3v) is 4.08. The molecule has 142 valence electrons. The van der Waals surface area contributed by atoms with Gasteiger partial charge in [-0.15, -0.1) is 0 Å². The Morgan fingerprint density at radius 2 is 1.75 bits per heavy atom. The number of aromatic nitrogens is 1. The van der Waals surface area contributed by atoms with Crippen LogP contribution in [0.5, 0.6) is 5.75 Å². The molecule has 0 atom stereocenters. The van der Waals surface area contributed by atoms with Gasteiger partial charge < -0.3 is 15.4 Å². The van der Waals surface area contributed by atoms with Gasteiger partial charge in [-0.2, -0.15) is 0 Å². The molecule has 0 aliphatic heterocycles. The summed E-state index contributed by atoms with van der Waals surface area (Å²) in [7, 11) is 0. The van der Waals surface area contributed by atoms with E-state index >= 15 is 0 Å². The van der Waals surface area contributed by atoms with Crippen LogP contribution in [-0.2, 0) is 11.2 Å². The normalized spacial score (nSPS) is 10.2. The van der Waals surface area contributed by atoms with Crippen LogP contribution >= 0.6 is 0 Å². The van der Waals surface area contributed by atoms with Crippen molar-refractivity contribution in [2.45, 2.75) is 13.3 Å². The summed E-state index contributed by atoms with van der Waals surface area (Å²) in [5, 5.41) is 5.61. The Hall–Kier alpha value is -3.67. The van der Waals surface area contributed by atoms with E-state index in [0.717, 1.165) is 17.7 Å². The molecule has 0 bridgehead atoms. The first-order valence-corrected chi connectivity index (χ1v) is 8.98. The van der Waals surface area contributed by atoms with Crippen molar-refractivity contribution < 1.29 is 14.3 Å². The number of hydrogen-bond acceptors (Lipinski definition) is 4. The van der Waals surface area contributed by atoms with Gasteiger partial charge in [0.25, 0.3) is 11.8 Å². The lowest BCUT2D eigenvalue weighted by atomic mass is 10.1. The average Bonchev–Trinajstić information content (AvgIpc) is 2.73. The summed E-state index contributed by atoms with van der Waals surface area (Å²) in [6, 6.07) is 17.9. The number of pyridine rings is 1. The molecule has 0 aliphatic rings. The zero-order valence-electron chi connectivity index (χ0n) is 15.5. The van der Waals surface area contributed by atoms with Crippen LogP contribution in [-0.4, -0.2) is 23.4 Å². The number of ether oxygens (including phenoxy) is 1. The number of carbonyl (C=O) groups is 2. The van der Waals surface area contributed by atoms with E-state index in [9.17, 15) is 9.59 Å². The van der Waals surface area contributed by atoms with Crippen LogP contribution in [0.2, 0.25) is 0 Å². The van der Waals surface area contributed by atoms with Crippen molar-refractivity contribution in [1.82, 2.24) is 4.98 Å². The van der Waals surface area contributed by atoms with Crippen LogP contribution in [0.25, 0.3) is 0 Å². The molecule has 28 heavy (non-hydrogen) atoms. The number of aryl methyl sites for hydroxylation is 1. The highest BCUT2D eigenvalue weighted by atomic mass is 16.5. The van der Waals surface area contributed by atoms with Gasteiger partial charge in [-0.1, -0.05) is 37.3 Å². The van der Waals surface area contributed by atoms with Gasteiger partial charge in [0.1, 0.15) is 5.75 Å². The van der Waals surface area contributed by atoms with Crippen molar-refractivity contribution in [3.05, 3.63) is 84.2 Å². The van der Waals surface area contributed by atoms with Crippen LogP contribution in [0.1, 0.15) is 22.8 Å². The van der Waals surface area contributed by atoms with Gasteiger partial charge in [0.15, 0.2) is 6.61 Å². The highest BCUT2D eigenvalue weighted by molar-refractivity contribution is 6.06. The fourth-order valence-corrected chi connectivity index (χ4v) is 2.70. The quantitative estimate of drug-likeness (QED) is 0.656. The van der Waals surface area contributed by atoms with Crippen LogP contribution in [0, 0.1) is 0 Å². The van der Waals surface area contributed by atoms with E-state index in [1.807, 2.05) is 31.2 Å². The number of para-hydroxylation sites is 2. The summed E-state index contributed by atoms with van der Waals surface area (Å²) in [4.78, 5) is 28.8. The van der Waals surface area contributed by atoms with Gasteiger partial charge in [0.05, 0.1) is 17.4 Å². The molecule has 6 nitrogen and oxygen atoms in total. The minimum Gasteiger partial charge on any atom is -0.483 e. The SMILES string of the molecule is CCc1ccccc1NC(=O)COc1ccccc1C(=O)Nc1cccnc1. The molecule has 0 radical (unpaired) electrons. The zero-order valence-corrected chi connectivity index (χ0v) is 15.5. The second kappa shape index (κ2) is 9.32. The first-order valence-electron chi connectivity index (χ1n) is 8.98. The third-order valence-electron chi connectivity index (χ3n) is 4.08. The lowest BCUT2D eigenvalue weighted by Crippen LogP contribution is -2.22. The number of amides is 2. The molecular weight excluding hydrogens is 354 g/mol. The minimum atomic E-state index is -0.333. The molecule has 0 unspecified atom stereocenters. The average molecular weight is 375 g/mol. The molecule has 0 spiro atoms. The largest absolute Gasteiger partial charge is 0.483 e. The smallest absolute Gasteiger partial charge is 0.262 e. The molecule has 0 saturated heterocycles. The summed E-state index contributed by atoms with van der Waals surface area (Å²) in [5.41, 5.74) is 2.73. The maximum absolute atomic E-state index is 12.5. The highest BCUT2D eigenvalue weighted by Gasteiger charge is 2.14. The van der Waals surface area contributed by atoms with E-state index in [4.69, 9.17) is 4.74 Å². The molecular formula is C22H21N3O3. The predicted octanol–water partition coefficient (Wildman–Crippen LogP) is 3.91. The molecule has 0 saturated carbocycles. The number of nitrogens with one attached hydrogen (secondary N) is 2. The lowest BCUT2D eigenvalue weighted by molar-refractivity contribution is -0.118. The Morgan fingerprint density at radius 3 is 2.54 bits per heavy atom. The van der Waals surface area contributed by atoms with Gasteiger partial charge in [0.2, 0.25) is 0 Å².